The minimum atomic E-state index is -1.06. The normalized spacial score (nSPS) is 15.2. The van der Waals surface area contributed by atoms with Gasteiger partial charge < -0.3 is 15.7 Å². The van der Waals surface area contributed by atoms with E-state index < -0.39 is 12.0 Å². The maximum atomic E-state index is 10.8. The van der Waals surface area contributed by atoms with E-state index in [9.17, 15) is 4.79 Å². The lowest BCUT2D eigenvalue weighted by Gasteiger charge is -2.35. The molecular weight excluding hydrogens is 250 g/mol. The first-order valence-corrected chi connectivity index (χ1v) is 6.69. The Morgan fingerprint density at radius 3 is 2.56 bits per heavy atom. The minimum Gasteiger partial charge on any atom is -0.480 e. The third-order valence-corrected chi connectivity index (χ3v) is 4.18. The lowest BCUT2D eigenvalue weighted by Crippen LogP contribution is -2.39. The van der Waals surface area contributed by atoms with Crippen molar-refractivity contribution in [2.75, 3.05) is 11.9 Å². The molecule has 1 heterocycles. The van der Waals surface area contributed by atoms with Crippen LogP contribution in [0.25, 0.3) is 0 Å². The van der Waals surface area contributed by atoms with Crippen LogP contribution in [0.5, 0.6) is 0 Å². The number of carboxylic acid groups (broad SMARTS) is 1. The molecule has 3 N–H and O–H groups in total. The van der Waals surface area contributed by atoms with Gasteiger partial charge in [0.1, 0.15) is 6.04 Å². The third-order valence-electron chi connectivity index (χ3n) is 3.23. The van der Waals surface area contributed by atoms with Crippen LogP contribution < -0.4 is 10.6 Å². The van der Waals surface area contributed by atoms with E-state index in [0.29, 0.717) is 5.69 Å². The molecule has 102 valence electrons. The fourth-order valence-corrected chi connectivity index (χ4v) is 2.36. The van der Waals surface area contributed by atoms with E-state index in [-0.39, 0.29) is 11.5 Å². The quantitative estimate of drug-likeness (QED) is 0.876. The molecule has 1 aromatic rings. The van der Waals surface area contributed by atoms with Gasteiger partial charge in [0.05, 0.1) is 5.69 Å². The van der Waals surface area contributed by atoms with Crippen LogP contribution in [0.3, 0.4) is 0 Å². The van der Waals surface area contributed by atoms with Gasteiger partial charge in [-0.15, -0.1) is 11.3 Å². The van der Waals surface area contributed by atoms with E-state index in [1.165, 1.54) is 11.3 Å². The van der Waals surface area contributed by atoms with Crippen LogP contribution in [-0.2, 0) is 4.79 Å². The first-order valence-electron chi connectivity index (χ1n) is 5.81. The smallest absolute Gasteiger partial charge is 0.326 e. The Morgan fingerprint density at radius 1 is 1.56 bits per heavy atom. The highest BCUT2D eigenvalue weighted by atomic mass is 32.1. The summed E-state index contributed by atoms with van der Waals surface area (Å²) in [5, 5.41) is 11.4. The predicted octanol–water partition coefficient (Wildman–Crippen LogP) is 2.10. The number of carboxylic acids is 1. The molecule has 0 aromatic carbocycles. The van der Waals surface area contributed by atoms with Gasteiger partial charge in [-0.25, -0.2) is 4.98 Å². The Morgan fingerprint density at radius 2 is 2.11 bits per heavy atom. The monoisotopic (exact) mass is 271 g/mol. The summed E-state index contributed by atoms with van der Waals surface area (Å²) in [7, 11) is 1.96. The summed E-state index contributed by atoms with van der Waals surface area (Å²) in [6, 6.07) is -0.758. The Kier molecular flexibility index (Phi) is 4.34. The molecule has 0 aliphatic rings. The van der Waals surface area contributed by atoms with Crippen molar-refractivity contribution in [3.05, 3.63) is 11.1 Å². The van der Waals surface area contributed by atoms with Gasteiger partial charge in [0.25, 0.3) is 0 Å². The van der Waals surface area contributed by atoms with Crippen LogP contribution in [0.4, 0.5) is 5.13 Å². The largest absolute Gasteiger partial charge is 0.480 e. The molecule has 0 bridgehead atoms. The number of aliphatic carboxylic acids is 1. The summed E-state index contributed by atoms with van der Waals surface area (Å²) in [6.07, 6.45) is 0. The van der Waals surface area contributed by atoms with Gasteiger partial charge >= 0.3 is 5.97 Å². The summed E-state index contributed by atoms with van der Waals surface area (Å²) < 4.78 is 0. The van der Waals surface area contributed by atoms with E-state index >= 15 is 0 Å². The summed E-state index contributed by atoms with van der Waals surface area (Å²) in [5.41, 5.74) is 6.07. The highest BCUT2D eigenvalue weighted by Gasteiger charge is 2.26. The molecule has 1 aromatic heterocycles. The van der Waals surface area contributed by atoms with Crippen LogP contribution in [0.15, 0.2) is 5.38 Å². The molecule has 2 unspecified atom stereocenters. The lowest BCUT2D eigenvalue weighted by molar-refractivity contribution is -0.138. The van der Waals surface area contributed by atoms with Gasteiger partial charge in [0, 0.05) is 18.5 Å². The fraction of sp³-hybridized carbons (Fsp3) is 0.667. The van der Waals surface area contributed by atoms with E-state index in [4.69, 9.17) is 10.8 Å². The fourth-order valence-electron chi connectivity index (χ4n) is 1.45. The summed E-state index contributed by atoms with van der Waals surface area (Å²) in [6.45, 7) is 8.60. The number of thiazole rings is 1. The average Bonchev–Trinajstić information content (AvgIpc) is 2.73. The lowest BCUT2D eigenvalue weighted by atomic mass is 9.87. The molecule has 0 saturated carbocycles. The zero-order valence-electron chi connectivity index (χ0n) is 11.5. The van der Waals surface area contributed by atoms with E-state index in [1.54, 1.807) is 5.38 Å². The highest BCUT2D eigenvalue weighted by molar-refractivity contribution is 7.13. The number of aromatic nitrogens is 1. The molecule has 0 spiro atoms. The molecule has 0 aliphatic heterocycles. The highest BCUT2D eigenvalue weighted by Crippen LogP contribution is 2.30. The second-order valence-corrected chi connectivity index (χ2v) is 6.36. The van der Waals surface area contributed by atoms with E-state index in [2.05, 4.69) is 37.6 Å². The third kappa shape index (κ3) is 3.20. The molecule has 2 atom stereocenters. The van der Waals surface area contributed by atoms with Crippen molar-refractivity contribution >= 4 is 22.4 Å². The number of hydrogen-bond acceptors (Lipinski definition) is 5. The molecular formula is C12H21N3O2S. The maximum Gasteiger partial charge on any atom is 0.326 e. The maximum absolute atomic E-state index is 10.8. The topological polar surface area (TPSA) is 79.5 Å². The molecule has 0 saturated heterocycles. The minimum absolute atomic E-state index is 0.121. The van der Waals surface area contributed by atoms with Crippen molar-refractivity contribution in [1.29, 1.82) is 0 Å². The second kappa shape index (κ2) is 5.24. The van der Waals surface area contributed by atoms with Crippen molar-refractivity contribution in [3.63, 3.8) is 0 Å². The summed E-state index contributed by atoms with van der Waals surface area (Å²) in [4.78, 5) is 17.2. The standard InChI is InChI=1S/C12H21N3O2S/c1-7(12(2,3)4)15(5)11-14-8(6-18-11)9(13)10(16)17/h6-7,9H,13H2,1-5H3,(H,16,17). The Labute approximate surface area is 112 Å². The molecule has 0 amide bonds. The Balaban J connectivity index is 2.89. The molecule has 0 radical (unpaired) electrons. The van der Waals surface area contributed by atoms with Crippen LogP contribution in [0.2, 0.25) is 0 Å². The van der Waals surface area contributed by atoms with Crippen LogP contribution in [0.1, 0.15) is 39.4 Å². The molecule has 18 heavy (non-hydrogen) atoms. The van der Waals surface area contributed by atoms with Crippen molar-refractivity contribution in [2.45, 2.75) is 39.8 Å². The van der Waals surface area contributed by atoms with Gasteiger partial charge in [0.15, 0.2) is 5.13 Å². The van der Waals surface area contributed by atoms with Gasteiger partial charge in [0.2, 0.25) is 0 Å². The van der Waals surface area contributed by atoms with Crippen LogP contribution in [0, 0.1) is 5.41 Å². The van der Waals surface area contributed by atoms with Crippen molar-refractivity contribution in [2.24, 2.45) is 11.1 Å². The number of rotatable bonds is 4. The number of carbonyl (C=O) groups is 1. The molecule has 0 aliphatic carbocycles. The Bertz CT molecular complexity index is 425. The molecule has 1 rings (SSSR count). The zero-order chi connectivity index (χ0) is 14.1. The molecule has 5 nitrogen and oxygen atoms in total. The second-order valence-electron chi connectivity index (χ2n) is 5.52. The SMILES string of the molecule is CC(N(C)c1nc(C(N)C(=O)O)cs1)C(C)(C)C. The van der Waals surface area contributed by atoms with Crippen molar-refractivity contribution in [3.8, 4) is 0 Å². The van der Waals surface area contributed by atoms with E-state index in [0.717, 1.165) is 5.13 Å². The van der Waals surface area contributed by atoms with E-state index in [1.807, 2.05) is 7.05 Å². The number of hydrogen-bond donors (Lipinski definition) is 2. The first kappa shape index (κ1) is 14.9. The van der Waals surface area contributed by atoms with Gasteiger partial charge in [-0.1, -0.05) is 20.8 Å². The molecule has 6 heteroatoms. The van der Waals surface area contributed by atoms with Crippen LogP contribution in [-0.4, -0.2) is 29.1 Å². The molecule has 0 fully saturated rings. The first-order chi connectivity index (χ1) is 8.14. The predicted molar refractivity (Wildman–Crippen MR) is 74.0 cm³/mol. The number of anilines is 1. The Hall–Kier alpha value is -1.14. The zero-order valence-corrected chi connectivity index (χ0v) is 12.3. The van der Waals surface area contributed by atoms with Gasteiger partial charge in [-0.2, -0.15) is 0 Å². The summed E-state index contributed by atoms with van der Waals surface area (Å²) in [5.74, 6) is -1.06. The van der Waals surface area contributed by atoms with Gasteiger partial charge in [-0.05, 0) is 12.3 Å². The average molecular weight is 271 g/mol. The number of nitrogens with two attached hydrogens (primary N) is 1. The van der Waals surface area contributed by atoms with Crippen molar-refractivity contribution < 1.29 is 9.90 Å². The van der Waals surface area contributed by atoms with Crippen molar-refractivity contribution in [1.82, 2.24) is 4.98 Å². The van der Waals surface area contributed by atoms with Gasteiger partial charge in [-0.3, -0.25) is 4.79 Å². The number of nitrogens with zero attached hydrogens (tertiary/aromatic N) is 2. The summed E-state index contributed by atoms with van der Waals surface area (Å²) >= 11 is 1.42. The van der Waals surface area contributed by atoms with Crippen LogP contribution >= 0.6 is 11.3 Å².